The number of aryl methyl sites for hydroxylation is 1. The average molecular weight is 317 g/mol. The monoisotopic (exact) mass is 317 g/mol. The first-order chi connectivity index (χ1) is 10.5. The summed E-state index contributed by atoms with van der Waals surface area (Å²) in [6.07, 6.45) is 1.86. The van der Waals surface area contributed by atoms with Gasteiger partial charge in [0.25, 0.3) is 10.0 Å². The van der Waals surface area contributed by atoms with E-state index in [-0.39, 0.29) is 0 Å². The van der Waals surface area contributed by atoms with Gasteiger partial charge < -0.3 is 0 Å². The Labute approximate surface area is 133 Å². The summed E-state index contributed by atoms with van der Waals surface area (Å²) >= 11 is 0. The molecule has 0 saturated carbocycles. The molecule has 0 aliphatic heterocycles. The van der Waals surface area contributed by atoms with E-state index in [2.05, 4.69) is 18.6 Å². The second-order valence-electron chi connectivity index (χ2n) is 5.50. The fourth-order valence-electron chi connectivity index (χ4n) is 2.35. The van der Waals surface area contributed by atoms with Crippen molar-refractivity contribution < 1.29 is 8.42 Å². The lowest BCUT2D eigenvalue weighted by atomic mass is 9.97. The lowest BCUT2D eigenvalue weighted by Gasteiger charge is -2.16. The summed E-state index contributed by atoms with van der Waals surface area (Å²) in [6, 6.07) is 14.6. The van der Waals surface area contributed by atoms with E-state index in [9.17, 15) is 8.42 Å². The quantitative estimate of drug-likeness (QED) is 0.848. The van der Waals surface area contributed by atoms with Gasteiger partial charge in [0.05, 0.1) is 10.6 Å². The highest BCUT2D eigenvalue weighted by molar-refractivity contribution is 7.92. The van der Waals surface area contributed by atoms with E-state index < -0.39 is 10.0 Å². The van der Waals surface area contributed by atoms with Crippen LogP contribution in [0.4, 0.5) is 5.69 Å². The molecule has 22 heavy (non-hydrogen) atoms. The highest BCUT2D eigenvalue weighted by Crippen LogP contribution is 2.28. The summed E-state index contributed by atoms with van der Waals surface area (Å²) < 4.78 is 27.8. The van der Waals surface area contributed by atoms with Gasteiger partial charge in [-0.05, 0) is 48.1 Å². The van der Waals surface area contributed by atoms with Gasteiger partial charge in [0.15, 0.2) is 0 Å². The highest BCUT2D eigenvalue weighted by Gasteiger charge is 2.17. The third-order valence-electron chi connectivity index (χ3n) is 3.99. The molecule has 4 heteroatoms. The molecule has 0 amide bonds. The third-order valence-corrected chi connectivity index (χ3v) is 5.37. The molecule has 2 aromatic rings. The van der Waals surface area contributed by atoms with Crippen LogP contribution in [0, 0.1) is 0 Å². The molecule has 0 radical (unpaired) electrons. The predicted molar refractivity (Wildman–Crippen MR) is 91.8 cm³/mol. The van der Waals surface area contributed by atoms with Crippen molar-refractivity contribution in [2.24, 2.45) is 0 Å². The van der Waals surface area contributed by atoms with Crippen molar-refractivity contribution >= 4 is 15.7 Å². The number of anilines is 1. The van der Waals surface area contributed by atoms with Crippen molar-refractivity contribution in [3.8, 4) is 0 Å². The van der Waals surface area contributed by atoms with Gasteiger partial charge in [0.2, 0.25) is 0 Å². The normalized spacial score (nSPS) is 12.9. The highest BCUT2D eigenvalue weighted by atomic mass is 32.2. The van der Waals surface area contributed by atoms with Crippen molar-refractivity contribution in [2.45, 2.75) is 44.4 Å². The van der Waals surface area contributed by atoms with Crippen molar-refractivity contribution in [1.29, 1.82) is 0 Å². The van der Waals surface area contributed by atoms with Crippen LogP contribution in [0.25, 0.3) is 0 Å². The minimum absolute atomic E-state index is 0.295. The molecule has 0 fully saturated rings. The van der Waals surface area contributed by atoms with Crippen LogP contribution < -0.4 is 4.72 Å². The molecule has 2 rings (SSSR count). The van der Waals surface area contributed by atoms with E-state index >= 15 is 0 Å². The van der Waals surface area contributed by atoms with Gasteiger partial charge in [-0.15, -0.1) is 0 Å². The molecule has 0 aromatic heterocycles. The zero-order valence-electron chi connectivity index (χ0n) is 13.3. The maximum absolute atomic E-state index is 12.6. The number of sulfonamides is 1. The Kier molecular flexibility index (Phi) is 5.24. The summed E-state index contributed by atoms with van der Waals surface area (Å²) in [7, 11) is -3.55. The Morgan fingerprint density at radius 3 is 2.23 bits per heavy atom. The molecule has 0 saturated heterocycles. The average Bonchev–Trinajstić information content (AvgIpc) is 2.54. The van der Waals surface area contributed by atoms with Crippen LogP contribution in [0.15, 0.2) is 53.4 Å². The van der Waals surface area contributed by atoms with Gasteiger partial charge in [0.1, 0.15) is 0 Å². The van der Waals surface area contributed by atoms with Crippen molar-refractivity contribution in [3.05, 3.63) is 59.7 Å². The fourth-order valence-corrected chi connectivity index (χ4v) is 3.44. The van der Waals surface area contributed by atoms with Crippen LogP contribution >= 0.6 is 0 Å². The minimum Gasteiger partial charge on any atom is -0.279 e. The summed E-state index contributed by atoms with van der Waals surface area (Å²) in [5.74, 6) is 0.307. The molecule has 0 heterocycles. The minimum atomic E-state index is -3.55. The second-order valence-corrected chi connectivity index (χ2v) is 7.18. The fraction of sp³-hybridized carbons (Fsp3) is 0.333. The third kappa shape index (κ3) is 3.69. The first-order valence-electron chi connectivity index (χ1n) is 7.68. The van der Waals surface area contributed by atoms with Crippen LogP contribution in [-0.4, -0.2) is 8.42 Å². The molecular weight excluding hydrogens is 294 g/mol. The first kappa shape index (κ1) is 16.6. The summed E-state index contributed by atoms with van der Waals surface area (Å²) in [4.78, 5) is 0.295. The van der Waals surface area contributed by atoms with E-state index in [0.29, 0.717) is 16.5 Å². The maximum Gasteiger partial charge on any atom is 0.261 e. The number of nitrogens with one attached hydrogen (secondary N) is 1. The lowest BCUT2D eigenvalue weighted by Crippen LogP contribution is -2.14. The Morgan fingerprint density at radius 1 is 1.00 bits per heavy atom. The Bertz CT molecular complexity index is 721. The second kappa shape index (κ2) is 6.97. The largest absolute Gasteiger partial charge is 0.279 e. The number of hydrogen-bond acceptors (Lipinski definition) is 2. The van der Waals surface area contributed by atoms with Crippen LogP contribution in [-0.2, 0) is 16.4 Å². The predicted octanol–water partition coefficient (Wildman–Crippen LogP) is 4.56. The number of rotatable bonds is 6. The zero-order valence-corrected chi connectivity index (χ0v) is 14.2. The van der Waals surface area contributed by atoms with E-state index in [1.165, 1.54) is 0 Å². The molecule has 0 bridgehead atoms. The SMILES string of the molecule is CCc1ccc(S(=O)(=O)Nc2ccccc2C(C)CC)cc1. The van der Waals surface area contributed by atoms with Crippen molar-refractivity contribution in [1.82, 2.24) is 0 Å². The Hall–Kier alpha value is -1.81. The molecule has 0 spiro atoms. The van der Waals surface area contributed by atoms with Crippen molar-refractivity contribution in [3.63, 3.8) is 0 Å². The lowest BCUT2D eigenvalue weighted by molar-refractivity contribution is 0.601. The van der Waals surface area contributed by atoms with Gasteiger partial charge in [-0.1, -0.05) is 51.1 Å². The standard InChI is InChI=1S/C18H23NO2S/c1-4-14(3)17-8-6-7-9-18(17)19-22(20,21)16-12-10-15(5-2)11-13-16/h6-14,19H,4-5H2,1-3H3. The number of benzene rings is 2. The van der Waals surface area contributed by atoms with Crippen LogP contribution in [0.2, 0.25) is 0 Å². The molecule has 1 N–H and O–H groups in total. The topological polar surface area (TPSA) is 46.2 Å². The summed E-state index contributed by atoms with van der Waals surface area (Å²) in [6.45, 7) is 6.24. The Morgan fingerprint density at radius 2 is 1.64 bits per heavy atom. The van der Waals surface area contributed by atoms with Gasteiger partial charge >= 0.3 is 0 Å². The summed E-state index contributed by atoms with van der Waals surface area (Å²) in [5.41, 5.74) is 2.81. The molecular formula is C18H23NO2S. The van der Waals surface area contributed by atoms with Crippen molar-refractivity contribution in [2.75, 3.05) is 4.72 Å². The first-order valence-corrected chi connectivity index (χ1v) is 9.17. The molecule has 118 valence electrons. The molecule has 0 aliphatic carbocycles. The van der Waals surface area contributed by atoms with Crippen LogP contribution in [0.1, 0.15) is 44.2 Å². The number of para-hydroxylation sites is 1. The van der Waals surface area contributed by atoms with Gasteiger partial charge in [-0.25, -0.2) is 8.42 Å². The van der Waals surface area contributed by atoms with E-state index in [1.54, 1.807) is 12.1 Å². The van der Waals surface area contributed by atoms with E-state index in [1.807, 2.05) is 43.3 Å². The Balaban J connectivity index is 2.32. The maximum atomic E-state index is 12.6. The molecule has 0 aliphatic rings. The van der Waals surface area contributed by atoms with Crippen LogP contribution in [0.5, 0.6) is 0 Å². The van der Waals surface area contributed by atoms with Crippen LogP contribution in [0.3, 0.4) is 0 Å². The van der Waals surface area contributed by atoms with Gasteiger partial charge in [0, 0.05) is 0 Å². The molecule has 1 unspecified atom stereocenters. The van der Waals surface area contributed by atoms with E-state index in [0.717, 1.165) is 24.0 Å². The van der Waals surface area contributed by atoms with Gasteiger partial charge in [-0.2, -0.15) is 0 Å². The van der Waals surface area contributed by atoms with Gasteiger partial charge in [-0.3, -0.25) is 4.72 Å². The van der Waals surface area contributed by atoms with E-state index in [4.69, 9.17) is 0 Å². The molecule has 2 aromatic carbocycles. The molecule has 3 nitrogen and oxygen atoms in total. The molecule has 1 atom stereocenters. The smallest absolute Gasteiger partial charge is 0.261 e. The zero-order chi connectivity index (χ0) is 16.2. The number of hydrogen-bond donors (Lipinski definition) is 1. The summed E-state index contributed by atoms with van der Waals surface area (Å²) in [5, 5.41) is 0.